The molecule has 2 rings (SSSR count). The van der Waals surface area contributed by atoms with Crippen LogP contribution >= 0.6 is 12.2 Å². The molecule has 0 radical (unpaired) electrons. The Morgan fingerprint density at radius 3 is 2.62 bits per heavy atom. The van der Waals surface area contributed by atoms with Gasteiger partial charge in [0, 0.05) is 18.9 Å². The Morgan fingerprint density at radius 2 is 2.05 bits per heavy atom. The van der Waals surface area contributed by atoms with Crippen LogP contribution in [0, 0.1) is 5.41 Å². The van der Waals surface area contributed by atoms with Crippen molar-refractivity contribution in [1.29, 1.82) is 0 Å². The number of carbonyl (C=O) groups is 1. The van der Waals surface area contributed by atoms with Crippen LogP contribution < -0.4 is 11.1 Å². The summed E-state index contributed by atoms with van der Waals surface area (Å²) >= 11 is 5.15. The predicted octanol–water partition coefficient (Wildman–Crippen LogP) is 2.83. The summed E-state index contributed by atoms with van der Waals surface area (Å²) in [4.78, 5) is 12.9. The second kappa shape index (κ2) is 6.54. The number of amides is 1. The lowest BCUT2D eigenvalue weighted by molar-refractivity contribution is -0.126. The van der Waals surface area contributed by atoms with Crippen molar-refractivity contribution in [1.82, 2.24) is 0 Å². The van der Waals surface area contributed by atoms with E-state index in [4.69, 9.17) is 22.7 Å². The zero-order chi connectivity index (χ0) is 15.5. The molecule has 1 aromatic carbocycles. The lowest BCUT2D eigenvalue weighted by Crippen LogP contribution is -2.49. The van der Waals surface area contributed by atoms with E-state index in [0.717, 1.165) is 5.69 Å². The first-order valence-corrected chi connectivity index (χ1v) is 7.65. The van der Waals surface area contributed by atoms with Gasteiger partial charge >= 0.3 is 0 Å². The van der Waals surface area contributed by atoms with Crippen LogP contribution in [0.4, 0.5) is 5.69 Å². The second-order valence-corrected chi connectivity index (χ2v) is 6.23. The van der Waals surface area contributed by atoms with E-state index in [1.807, 2.05) is 18.2 Å². The van der Waals surface area contributed by atoms with Crippen molar-refractivity contribution in [2.75, 3.05) is 18.5 Å². The molecule has 1 aliphatic rings. The van der Waals surface area contributed by atoms with Gasteiger partial charge in [-0.15, -0.1) is 0 Å². The largest absolute Gasteiger partial charge is 0.392 e. The van der Waals surface area contributed by atoms with Gasteiger partial charge in [-0.1, -0.05) is 38.2 Å². The molecule has 1 amide bonds. The Bertz CT molecular complexity index is 537. The normalized spacial score (nSPS) is 17.5. The smallest absolute Gasteiger partial charge is 0.237 e. The van der Waals surface area contributed by atoms with Crippen molar-refractivity contribution < 1.29 is 9.53 Å². The number of thiocarbonyl (C=S) groups is 1. The van der Waals surface area contributed by atoms with Gasteiger partial charge in [0.05, 0.1) is 4.99 Å². The van der Waals surface area contributed by atoms with E-state index in [1.165, 1.54) is 5.56 Å². The van der Waals surface area contributed by atoms with Crippen molar-refractivity contribution >= 4 is 28.8 Å². The molecule has 21 heavy (non-hydrogen) atoms. The van der Waals surface area contributed by atoms with Gasteiger partial charge in [0.2, 0.25) is 5.91 Å². The van der Waals surface area contributed by atoms with Crippen LogP contribution in [0.1, 0.15) is 38.2 Å². The summed E-state index contributed by atoms with van der Waals surface area (Å²) in [6.07, 6.45) is 1.08. The molecule has 1 heterocycles. The fraction of sp³-hybridized carbons (Fsp3) is 0.500. The number of anilines is 1. The molecule has 1 aliphatic heterocycles. The van der Waals surface area contributed by atoms with Crippen LogP contribution in [0.3, 0.4) is 0 Å². The number of carbonyl (C=O) groups excluding carboxylic acids is 1. The molecule has 0 atom stereocenters. The van der Waals surface area contributed by atoms with Gasteiger partial charge < -0.3 is 15.8 Å². The SMILES string of the molecule is CC(C)c1cccc(NC(=O)C2(C(N)=S)CCOCC2)c1. The monoisotopic (exact) mass is 306 g/mol. The van der Waals surface area contributed by atoms with Gasteiger partial charge in [-0.25, -0.2) is 0 Å². The number of nitrogens with one attached hydrogen (secondary N) is 1. The average Bonchev–Trinajstić information content (AvgIpc) is 2.48. The number of hydrogen-bond donors (Lipinski definition) is 2. The number of nitrogens with two attached hydrogens (primary N) is 1. The van der Waals surface area contributed by atoms with Gasteiger partial charge in [0.15, 0.2) is 0 Å². The molecule has 0 saturated carbocycles. The molecule has 1 saturated heterocycles. The zero-order valence-electron chi connectivity index (χ0n) is 12.5. The van der Waals surface area contributed by atoms with Crippen molar-refractivity contribution in [3.63, 3.8) is 0 Å². The third-order valence-corrected chi connectivity index (χ3v) is 4.45. The Hall–Kier alpha value is -1.46. The first-order chi connectivity index (χ1) is 9.95. The first-order valence-electron chi connectivity index (χ1n) is 7.25. The second-order valence-electron chi connectivity index (χ2n) is 5.79. The van der Waals surface area contributed by atoms with Gasteiger partial charge in [-0.3, -0.25) is 4.79 Å². The highest BCUT2D eigenvalue weighted by Gasteiger charge is 2.43. The minimum absolute atomic E-state index is 0.126. The van der Waals surface area contributed by atoms with E-state index in [0.29, 0.717) is 32.0 Å². The quantitative estimate of drug-likeness (QED) is 0.840. The molecule has 0 spiro atoms. The average molecular weight is 306 g/mol. The third kappa shape index (κ3) is 3.41. The minimum Gasteiger partial charge on any atom is -0.392 e. The van der Waals surface area contributed by atoms with Crippen molar-refractivity contribution in [2.45, 2.75) is 32.6 Å². The third-order valence-electron chi connectivity index (χ3n) is 4.06. The van der Waals surface area contributed by atoms with E-state index in [9.17, 15) is 4.79 Å². The highest BCUT2D eigenvalue weighted by Crippen LogP contribution is 2.33. The fourth-order valence-corrected chi connectivity index (χ4v) is 2.83. The number of hydrogen-bond acceptors (Lipinski definition) is 3. The summed E-state index contributed by atoms with van der Waals surface area (Å²) in [5, 5.41) is 2.97. The van der Waals surface area contributed by atoms with Crippen LogP contribution in [-0.2, 0) is 9.53 Å². The number of rotatable bonds is 4. The van der Waals surface area contributed by atoms with Crippen molar-refractivity contribution in [3.8, 4) is 0 Å². The topological polar surface area (TPSA) is 64.4 Å². The molecule has 4 nitrogen and oxygen atoms in total. The summed E-state index contributed by atoms with van der Waals surface area (Å²) in [5.74, 6) is 0.286. The zero-order valence-corrected chi connectivity index (χ0v) is 13.3. The van der Waals surface area contributed by atoms with Crippen LogP contribution in [-0.4, -0.2) is 24.1 Å². The van der Waals surface area contributed by atoms with E-state index in [1.54, 1.807) is 0 Å². The van der Waals surface area contributed by atoms with Gasteiger partial charge in [0.1, 0.15) is 5.41 Å². The summed E-state index contributed by atoms with van der Waals surface area (Å²) < 4.78 is 5.33. The molecular formula is C16H22N2O2S. The van der Waals surface area contributed by atoms with E-state index in [2.05, 4.69) is 25.2 Å². The lowest BCUT2D eigenvalue weighted by atomic mass is 9.79. The summed E-state index contributed by atoms with van der Waals surface area (Å²) in [7, 11) is 0. The van der Waals surface area contributed by atoms with Crippen LogP contribution in [0.15, 0.2) is 24.3 Å². The van der Waals surface area contributed by atoms with Crippen LogP contribution in [0.5, 0.6) is 0 Å². The molecule has 0 aliphatic carbocycles. The molecular weight excluding hydrogens is 284 g/mol. The molecule has 1 fully saturated rings. The first kappa shape index (κ1) is 15.9. The standard InChI is InChI=1S/C16H22N2O2S/c1-11(2)12-4-3-5-13(10-12)18-15(19)16(14(17)21)6-8-20-9-7-16/h3-5,10-11H,6-9H2,1-2H3,(H2,17,21)(H,18,19). The van der Waals surface area contributed by atoms with E-state index < -0.39 is 5.41 Å². The van der Waals surface area contributed by atoms with Gasteiger partial charge in [-0.05, 0) is 36.5 Å². The van der Waals surface area contributed by atoms with Gasteiger partial charge in [0.25, 0.3) is 0 Å². The van der Waals surface area contributed by atoms with Gasteiger partial charge in [-0.2, -0.15) is 0 Å². The minimum atomic E-state index is -0.790. The Balaban J connectivity index is 2.19. The molecule has 114 valence electrons. The molecule has 0 bridgehead atoms. The molecule has 3 N–H and O–H groups in total. The van der Waals surface area contributed by atoms with Crippen molar-refractivity contribution in [3.05, 3.63) is 29.8 Å². The molecule has 5 heteroatoms. The maximum absolute atomic E-state index is 12.7. The maximum atomic E-state index is 12.7. The highest BCUT2D eigenvalue weighted by molar-refractivity contribution is 7.80. The summed E-state index contributed by atoms with van der Waals surface area (Å²) in [5.41, 5.74) is 7.03. The maximum Gasteiger partial charge on any atom is 0.237 e. The predicted molar refractivity (Wildman–Crippen MR) is 88.4 cm³/mol. The fourth-order valence-electron chi connectivity index (χ4n) is 2.53. The van der Waals surface area contributed by atoms with Crippen LogP contribution in [0.25, 0.3) is 0 Å². The van der Waals surface area contributed by atoms with Crippen molar-refractivity contribution in [2.24, 2.45) is 11.1 Å². The Morgan fingerprint density at radius 1 is 1.38 bits per heavy atom. The lowest BCUT2D eigenvalue weighted by Gasteiger charge is -2.34. The molecule has 0 unspecified atom stereocenters. The highest BCUT2D eigenvalue weighted by atomic mass is 32.1. The summed E-state index contributed by atoms with van der Waals surface area (Å²) in [6.45, 7) is 5.26. The van der Waals surface area contributed by atoms with E-state index >= 15 is 0 Å². The number of ether oxygens (including phenoxy) is 1. The van der Waals surface area contributed by atoms with E-state index in [-0.39, 0.29) is 10.9 Å². The molecule has 1 aromatic rings. The Kier molecular flexibility index (Phi) is 4.96. The Labute approximate surface area is 131 Å². The number of benzene rings is 1. The summed E-state index contributed by atoms with van der Waals surface area (Å²) in [6, 6.07) is 7.88. The van der Waals surface area contributed by atoms with Crippen LogP contribution in [0.2, 0.25) is 0 Å². The molecule has 0 aromatic heterocycles.